The molecule has 1 aliphatic rings. The van der Waals surface area contributed by atoms with Crippen LogP contribution in [-0.4, -0.2) is 39.7 Å². The summed E-state index contributed by atoms with van der Waals surface area (Å²) in [7, 11) is 1.60. The summed E-state index contributed by atoms with van der Waals surface area (Å²) < 4.78 is 57.0. The molecule has 0 spiro atoms. The number of carbonyl (C=O) groups excluding carboxylic acids is 1. The molecule has 0 aliphatic carbocycles. The molecule has 3 aromatic rings. The van der Waals surface area contributed by atoms with Gasteiger partial charge in [-0.2, -0.15) is 5.10 Å². The van der Waals surface area contributed by atoms with Crippen LogP contribution in [0, 0.1) is 23.3 Å². The van der Waals surface area contributed by atoms with Crippen LogP contribution in [0.2, 0.25) is 0 Å². The standard InChI is InChI=1S/C23H22F4N4O/c1-30-12-18(22(29-30)16-8-7-14(24)10-21(16)27)23(32)28-15-4-3-9-31(11-15)13-17-19(25)5-2-6-20(17)26/h2,5-8,10,12,15H,3-4,9,11,13H2,1H3,(H,28,32). The van der Waals surface area contributed by atoms with E-state index in [9.17, 15) is 22.4 Å². The van der Waals surface area contributed by atoms with Gasteiger partial charge in [0, 0.05) is 49.6 Å². The molecule has 32 heavy (non-hydrogen) atoms. The fourth-order valence-electron chi connectivity index (χ4n) is 4.02. The van der Waals surface area contributed by atoms with E-state index in [-0.39, 0.29) is 35.0 Å². The molecule has 0 radical (unpaired) electrons. The monoisotopic (exact) mass is 446 g/mol. The summed E-state index contributed by atoms with van der Waals surface area (Å²) in [6.07, 6.45) is 2.92. The zero-order valence-corrected chi connectivity index (χ0v) is 17.4. The summed E-state index contributed by atoms with van der Waals surface area (Å²) in [6, 6.07) is 6.61. The van der Waals surface area contributed by atoms with Crippen molar-refractivity contribution in [3.05, 3.63) is 77.0 Å². The Bertz CT molecular complexity index is 1130. The van der Waals surface area contributed by atoms with Crippen LogP contribution < -0.4 is 5.32 Å². The number of benzene rings is 2. The number of nitrogens with zero attached hydrogens (tertiary/aromatic N) is 3. The zero-order chi connectivity index (χ0) is 22.8. The van der Waals surface area contributed by atoms with Crippen LogP contribution >= 0.6 is 0 Å². The Morgan fingerprint density at radius 3 is 2.59 bits per heavy atom. The van der Waals surface area contributed by atoms with E-state index < -0.39 is 29.2 Å². The largest absolute Gasteiger partial charge is 0.348 e. The van der Waals surface area contributed by atoms with Gasteiger partial charge in [-0.3, -0.25) is 14.4 Å². The molecule has 1 N–H and O–H groups in total. The van der Waals surface area contributed by atoms with Crippen molar-refractivity contribution in [1.29, 1.82) is 0 Å². The predicted octanol–water partition coefficient (Wildman–Crippen LogP) is 4.04. The fraction of sp³-hybridized carbons (Fsp3) is 0.304. The molecule has 1 saturated heterocycles. The second-order valence-corrected chi connectivity index (χ2v) is 7.94. The molecule has 1 amide bonds. The van der Waals surface area contributed by atoms with Gasteiger partial charge in [0.05, 0.1) is 5.56 Å². The van der Waals surface area contributed by atoms with Crippen LogP contribution in [0.25, 0.3) is 11.3 Å². The van der Waals surface area contributed by atoms with E-state index in [1.165, 1.54) is 35.1 Å². The minimum atomic E-state index is -0.812. The van der Waals surface area contributed by atoms with Crippen LogP contribution in [0.15, 0.2) is 42.6 Å². The fourth-order valence-corrected chi connectivity index (χ4v) is 4.02. The van der Waals surface area contributed by atoms with Gasteiger partial charge >= 0.3 is 0 Å². The van der Waals surface area contributed by atoms with Crippen molar-refractivity contribution in [3.63, 3.8) is 0 Å². The summed E-state index contributed by atoms with van der Waals surface area (Å²) in [5.74, 6) is -3.18. The van der Waals surface area contributed by atoms with Gasteiger partial charge in [0.2, 0.25) is 0 Å². The molecule has 1 fully saturated rings. The van der Waals surface area contributed by atoms with Crippen molar-refractivity contribution in [2.45, 2.75) is 25.4 Å². The molecule has 2 heterocycles. The van der Waals surface area contributed by atoms with Crippen LogP contribution in [0.1, 0.15) is 28.8 Å². The molecule has 9 heteroatoms. The number of likely N-dealkylation sites (tertiary alicyclic amines) is 1. The lowest BCUT2D eigenvalue weighted by molar-refractivity contribution is 0.0900. The Balaban J connectivity index is 1.48. The summed E-state index contributed by atoms with van der Waals surface area (Å²) in [5.41, 5.74) is 0.303. The van der Waals surface area contributed by atoms with Crippen molar-refractivity contribution in [1.82, 2.24) is 20.0 Å². The highest BCUT2D eigenvalue weighted by molar-refractivity contribution is 6.00. The Morgan fingerprint density at radius 2 is 1.88 bits per heavy atom. The molecule has 1 atom stereocenters. The normalized spacial score (nSPS) is 16.8. The third-order valence-electron chi connectivity index (χ3n) is 5.54. The topological polar surface area (TPSA) is 50.2 Å². The molecule has 4 rings (SSSR count). The van der Waals surface area contributed by atoms with Gasteiger partial charge in [0.1, 0.15) is 29.0 Å². The molecular formula is C23H22F4N4O. The minimum absolute atomic E-state index is 0.000747. The number of halogens is 4. The first-order chi connectivity index (χ1) is 15.3. The first-order valence-corrected chi connectivity index (χ1v) is 10.3. The lowest BCUT2D eigenvalue weighted by Gasteiger charge is -2.33. The minimum Gasteiger partial charge on any atom is -0.348 e. The van der Waals surface area contributed by atoms with Crippen molar-refractivity contribution < 1.29 is 22.4 Å². The van der Waals surface area contributed by atoms with Gasteiger partial charge < -0.3 is 5.32 Å². The first-order valence-electron chi connectivity index (χ1n) is 10.3. The lowest BCUT2D eigenvalue weighted by Crippen LogP contribution is -2.47. The third-order valence-corrected chi connectivity index (χ3v) is 5.54. The van der Waals surface area contributed by atoms with Gasteiger partial charge in [0.25, 0.3) is 5.91 Å². The van der Waals surface area contributed by atoms with Gasteiger partial charge in [-0.25, -0.2) is 17.6 Å². The second-order valence-electron chi connectivity index (χ2n) is 7.94. The van der Waals surface area contributed by atoms with Crippen LogP contribution in [0.5, 0.6) is 0 Å². The maximum atomic E-state index is 14.3. The Kier molecular flexibility index (Phi) is 6.27. The summed E-state index contributed by atoms with van der Waals surface area (Å²) in [5, 5.41) is 7.09. The van der Waals surface area contributed by atoms with Gasteiger partial charge in [-0.15, -0.1) is 0 Å². The first kappa shape index (κ1) is 22.0. The summed E-state index contributed by atoms with van der Waals surface area (Å²) >= 11 is 0. The van der Waals surface area contributed by atoms with Crippen LogP contribution in [0.4, 0.5) is 17.6 Å². The SMILES string of the molecule is Cn1cc(C(=O)NC2CCCN(Cc3c(F)cccc3F)C2)c(-c2ccc(F)cc2F)n1. The molecule has 5 nitrogen and oxygen atoms in total. The molecule has 0 saturated carbocycles. The lowest BCUT2D eigenvalue weighted by atomic mass is 10.0. The Morgan fingerprint density at radius 1 is 1.12 bits per heavy atom. The van der Waals surface area contributed by atoms with Crippen molar-refractivity contribution in [2.75, 3.05) is 13.1 Å². The van der Waals surface area contributed by atoms with Gasteiger partial charge in [0.15, 0.2) is 0 Å². The van der Waals surface area contributed by atoms with E-state index in [1.807, 2.05) is 4.90 Å². The smallest absolute Gasteiger partial charge is 0.255 e. The van der Waals surface area contributed by atoms with Crippen LogP contribution in [-0.2, 0) is 13.6 Å². The number of aryl methyl sites for hydroxylation is 1. The molecule has 1 aliphatic heterocycles. The Labute approximate surface area is 182 Å². The number of piperidine rings is 1. The molecular weight excluding hydrogens is 424 g/mol. The number of hydrogen-bond acceptors (Lipinski definition) is 3. The van der Waals surface area contributed by atoms with E-state index in [4.69, 9.17) is 0 Å². The molecule has 0 bridgehead atoms. The van der Waals surface area contributed by atoms with Crippen molar-refractivity contribution in [2.24, 2.45) is 7.05 Å². The van der Waals surface area contributed by atoms with Crippen LogP contribution in [0.3, 0.4) is 0 Å². The molecule has 1 unspecified atom stereocenters. The maximum absolute atomic E-state index is 14.3. The zero-order valence-electron chi connectivity index (χ0n) is 17.4. The second kappa shape index (κ2) is 9.12. The molecule has 1 aromatic heterocycles. The third kappa shape index (κ3) is 4.67. The van der Waals surface area contributed by atoms with E-state index in [0.717, 1.165) is 18.6 Å². The highest BCUT2D eigenvalue weighted by Gasteiger charge is 2.26. The van der Waals surface area contributed by atoms with E-state index in [1.54, 1.807) is 7.05 Å². The Hall–Kier alpha value is -3.20. The number of hydrogen-bond donors (Lipinski definition) is 1. The summed E-state index contributed by atoms with van der Waals surface area (Å²) in [6.45, 7) is 1.17. The van der Waals surface area contributed by atoms with Gasteiger partial charge in [-0.1, -0.05) is 6.07 Å². The van der Waals surface area contributed by atoms with E-state index in [0.29, 0.717) is 19.5 Å². The quantitative estimate of drug-likeness (QED) is 0.602. The highest BCUT2D eigenvalue weighted by Crippen LogP contribution is 2.26. The maximum Gasteiger partial charge on any atom is 0.255 e. The van der Waals surface area contributed by atoms with E-state index >= 15 is 0 Å². The number of nitrogens with one attached hydrogen (secondary N) is 1. The summed E-state index contributed by atoms with van der Waals surface area (Å²) in [4.78, 5) is 14.9. The van der Waals surface area contributed by atoms with Crippen molar-refractivity contribution in [3.8, 4) is 11.3 Å². The number of aromatic nitrogens is 2. The average Bonchev–Trinajstić information content (AvgIpc) is 3.13. The highest BCUT2D eigenvalue weighted by atomic mass is 19.1. The van der Waals surface area contributed by atoms with Gasteiger partial charge in [-0.05, 0) is 43.7 Å². The molecule has 2 aromatic carbocycles. The predicted molar refractivity (Wildman–Crippen MR) is 111 cm³/mol. The average molecular weight is 446 g/mol. The van der Waals surface area contributed by atoms with E-state index in [2.05, 4.69) is 10.4 Å². The van der Waals surface area contributed by atoms with Crippen molar-refractivity contribution >= 4 is 5.91 Å². The number of amides is 1. The number of carbonyl (C=O) groups is 1. The molecule has 168 valence electrons. The number of rotatable bonds is 5.